The lowest BCUT2D eigenvalue weighted by Crippen LogP contribution is -2.30. The van der Waals surface area contributed by atoms with E-state index in [1.807, 2.05) is 61.9 Å². The van der Waals surface area contributed by atoms with Crippen LogP contribution in [-0.4, -0.2) is 40.8 Å². The summed E-state index contributed by atoms with van der Waals surface area (Å²) in [7, 11) is 1.54. The average molecular weight is 482 g/mol. The van der Waals surface area contributed by atoms with E-state index in [1.165, 1.54) is 16.0 Å². The molecule has 1 aliphatic rings. The molecule has 0 bridgehead atoms. The largest absolute Gasteiger partial charge is 0.475 e. The Morgan fingerprint density at radius 2 is 1.52 bits per heavy atom. The van der Waals surface area contributed by atoms with Gasteiger partial charge in [-0.25, -0.2) is 0 Å². The maximum atomic E-state index is 9.17. The summed E-state index contributed by atoms with van der Waals surface area (Å²) in [5.41, 5.74) is 5.89. The van der Waals surface area contributed by atoms with Crippen LogP contribution in [0.25, 0.3) is 11.1 Å². The summed E-state index contributed by atoms with van der Waals surface area (Å²) >= 11 is 1.89. The van der Waals surface area contributed by atoms with Crippen molar-refractivity contribution in [1.29, 1.82) is 0 Å². The molecule has 3 aromatic rings. The van der Waals surface area contributed by atoms with E-state index in [0.29, 0.717) is 5.75 Å². The van der Waals surface area contributed by atoms with Gasteiger partial charge in [0.05, 0.1) is 0 Å². The summed E-state index contributed by atoms with van der Waals surface area (Å²) in [6.07, 6.45) is 0.941. The zero-order valence-corrected chi connectivity index (χ0v) is 20.6. The number of nitrogens with zero attached hydrogens (tertiary/aromatic N) is 1. The minimum absolute atomic E-state index is 0.0213. The van der Waals surface area contributed by atoms with Gasteiger partial charge in [-0.05, 0) is 85.6 Å². The molecule has 1 atom stereocenters. The average Bonchev–Trinajstić information content (AvgIpc) is 2.81. The molecule has 0 radical (unpaired) electrons. The zero-order chi connectivity index (χ0) is 23.4. The molecule has 1 unspecified atom stereocenters. The SMILES string of the molecule is CC(Oc1ccc(/C(=C2/CCSc3ccccc32)c2ccc(OP(O)O)cc2)cc1)N(C)C. The molecule has 4 rings (SSSR count). The number of rotatable bonds is 7. The van der Waals surface area contributed by atoms with Gasteiger partial charge in [0.25, 0.3) is 0 Å². The minimum atomic E-state index is -2.44. The molecule has 0 spiro atoms. The van der Waals surface area contributed by atoms with Crippen LogP contribution in [0.2, 0.25) is 0 Å². The summed E-state index contributed by atoms with van der Waals surface area (Å²) in [5.74, 6) is 2.28. The maximum absolute atomic E-state index is 9.17. The van der Waals surface area contributed by atoms with Gasteiger partial charge in [0.1, 0.15) is 17.7 Å². The number of thioether (sulfide) groups is 1. The van der Waals surface area contributed by atoms with Gasteiger partial charge in [0, 0.05) is 10.6 Å². The summed E-state index contributed by atoms with van der Waals surface area (Å²) < 4.78 is 11.1. The molecule has 33 heavy (non-hydrogen) atoms. The van der Waals surface area contributed by atoms with Gasteiger partial charge in [-0.3, -0.25) is 4.90 Å². The van der Waals surface area contributed by atoms with Crippen molar-refractivity contribution in [2.45, 2.75) is 24.5 Å². The molecule has 1 aliphatic heterocycles. The molecule has 0 saturated carbocycles. The van der Waals surface area contributed by atoms with Crippen LogP contribution in [-0.2, 0) is 0 Å². The second kappa shape index (κ2) is 10.7. The molecule has 5 nitrogen and oxygen atoms in total. The van der Waals surface area contributed by atoms with Crippen molar-refractivity contribution >= 4 is 31.5 Å². The van der Waals surface area contributed by atoms with Crippen molar-refractivity contribution in [3.8, 4) is 11.5 Å². The quantitative estimate of drug-likeness (QED) is 0.318. The topological polar surface area (TPSA) is 62.2 Å². The smallest absolute Gasteiger partial charge is 0.391 e. The number of hydrogen-bond donors (Lipinski definition) is 2. The summed E-state index contributed by atoms with van der Waals surface area (Å²) in [6.45, 7) is 2.02. The third-order valence-corrected chi connectivity index (χ3v) is 7.08. The Kier molecular flexibility index (Phi) is 7.74. The van der Waals surface area contributed by atoms with Gasteiger partial charge in [0.2, 0.25) is 0 Å². The fourth-order valence-electron chi connectivity index (χ4n) is 3.79. The number of fused-ring (bicyclic) bond motifs is 1. The van der Waals surface area contributed by atoms with Gasteiger partial charge < -0.3 is 19.0 Å². The maximum Gasteiger partial charge on any atom is 0.391 e. The Hall–Kier alpha value is -2.34. The molecular weight excluding hydrogens is 453 g/mol. The lowest BCUT2D eigenvalue weighted by atomic mass is 9.88. The van der Waals surface area contributed by atoms with Crippen LogP contribution in [0.1, 0.15) is 30.0 Å². The Bertz CT molecular complexity index is 1110. The van der Waals surface area contributed by atoms with Crippen LogP contribution in [0.5, 0.6) is 11.5 Å². The first-order valence-corrected chi connectivity index (χ1v) is 12.9. The molecular formula is C26H28NO4PS. The summed E-state index contributed by atoms with van der Waals surface area (Å²) in [5, 5.41) is 0. The Morgan fingerprint density at radius 1 is 0.909 bits per heavy atom. The van der Waals surface area contributed by atoms with Crippen LogP contribution in [0.3, 0.4) is 0 Å². The molecule has 0 aromatic heterocycles. The van der Waals surface area contributed by atoms with Crippen molar-refractivity contribution in [2.24, 2.45) is 0 Å². The van der Waals surface area contributed by atoms with E-state index >= 15 is 0 Å². The molecule has 0 fully saturated rings. The number of allylic oxidation sites excluding steroid dienone is 1. The number of ether oxygens (including phenoxy) is 1. The monoisotopic (exact) mass is 481 g/mol. The van der Waals surface area contributed by atoms with E-state index in [4.69, 9.17) is 19.0 Å². The second-order valence-corrected chi connectivity index (χ2v) is 9.85. The first-order valence-electron chi connectivity index (χ1n) is 10.8. The van der Waals surface area contributed by atoms with Gasteiger partial charge >= 0.3 is 8.60 Å². The lowest BCUT2D eigenvalue weighted by Gasteiger charge is -2.24. The normalized spacial score (nSPS) is 15.8. The highest BCUT2D eigenvalue weighted by Crippen LogP contribution is 2.43. The molecule has 0 amide bonds. The van der Waals surface area contributed by atoms with Crippen molar-refractivity contribution in [2.75, 3.05) is 19.8 Å². The van der Waals surface area contributed by atoms with E-state index in [0.717, 1.165) is 34.6 Å². The van der Waals surface area contributed by atoms with Gasteiger partial charge in [-0.1, -0.05) is 42.5 Å². The molecule has 7 heteroatoms. The van der Waals surface area contributed by atoms with Crippen molar-refractivity contribution in [3.63, 3.8) is 0 Å². The van der Waals surface area contributed by atoms with Gasteiger partial charge in [-0.15, -0.1) is 11.8 Å². The summed E-state index contributed by atoms with van der Waals surface area (Å²) in [4.78, 5) is 21.7. The van der Waals surface area contributed by atoms with Crippen LogP contribution in [0, 0.1) is 0 Å². The van der Waals surface area contributed by atoms with Crippen molar-refractivity contribution < 1.29 is 19.0 Å². The highest BCUT2D eigenvalue weighted by atomic mass is 32.2. The van der Waals surface area contributed by atoms with E-state index in [1.54, 1.807) is 12.1 Å². The highest BCUT2D eigenvalue weighted by Gasteiger charge is 2.20. The van der Waals surface area contributed by atoms with E-state index in [2.05, 4.69) is 36.4 Å². The predicted molar refractivity (Wildman–Crippen MR) is 136 cm³/mol. The van der Waals surface area contributed by atoms with Crippen LogP contribution >= 0.6 is 20.4 Å². The molecule has 172 valence electrons. The first kappa shape index (κ1) is 23.8. The standard InChI is InChI=1S/C26H28NO4PS/c1-18(27(2)3)30-21-12-8-19(9-13-21)26(20-10-14-22(15-11-20)31-32(28)29)24-16-17-33-25-7-5-4-6-23(24)25/h4-15,18,28-29H,16-17H2,1-3H3/b26-24+. The lowest BCUT2D eigenvalue weighted by molar-refractivity contribution is 0.0815. The molecule has 1 heterocycles. The third kappa shape index (κ3) is 5.78. The highest BCUT2D eigenvalue weighted by molar-refractivity contribution is 7.99. The Morgan fingerprint density at radius 3 is 2.12 bits per heavy atom. The molecule has 3 aromatic carbocycles. The Balaban J connectivity index is 1.78. The molecule has 2 N–H and O–H groups in total. The van der Waals surface area contributed by atoms with Crippen LogP contribution in [0.4, 0.5) is 0 Å². The summed E-state index contributed by atoms with van der Waals surface area (Å²) in [6, 6.07) is 24.3. The van der Waals surface area contributed by atoms with Gasteiger partial charge in [0.15, 0.2) is 0 Å². The first-order chi connectivity index (χ1) is 15.9. The minimum Gasteiger partial charge on any atom is -0.475 e. The fourth-order valence-corrected chi connectivity index (χ4v) is 5.15. The zero-order valence-electron chi connectivity index (χ0n) is 18.9. The number of benzene rings is 3. The van der Waals surface area contributed by atoms with Crippen molar-refractivity contribution in [3.05, 3.63) is 89.5 Å². The van der Waals surface area contributed by atoms with E-state index in [-0.39, 0.29) is 6.23 Å². The van der Waals surface area contributed by atoms with Crippen LogP contribution in [0.15, 0.2) is 77.7 Å². The molecule has 0 saturated heterocycles. The van der Waals surface area contributed by atoms with E-state index in [9.17, 15) is 0 Å². The fraction of sp³-hybridized carbons (Fsp3) is 0.231. The Labute approximate surface area is 200 Å². The second-order valence-electron chi connectivity index (χ2n) is 8.02. The number of hydrogen-bond acceptors (Lipinski definition) is 6. The van der Waals surface area contributed by atoms with Gasteiger partial charge in [-0.2, -0.15) is 0 Å². The predicted octanol–water partition coefficient (Wildman–Crippen LogP) is 6.02. The van der Waals surface area contributed by atoms with E-state index < -0.39 is 8.60 Å². The molecule has 0 aliphatic carbocycles. The third-order valence-electron chi connectivity index (χ3n) is 5.63. The van der Waals surface area contributed by atoms with Crippen molar-refractivity contribution in [1.82, 2.24) is 4.90 Å². The van der Waals surface area contributed by atoms with Crippen LogP contribution < -0.4 is 9.26 Å².